The zero-order chi connectivity index (χ0) is 18.0. The van der Waals surface area contributed by atoms with Crippen LogP contribution in [-0.2, 0) is 14.3 Å². The molecule has 1 heterocycles. The average molecular weight is 365 g/mol. The predicted molar refractivity (Wildman–Crippen MR) is 93.1 cm³/mol. The molecule has 2 amide bonds. The Kier molecular flexibility index (Phi) is 5.30. The van der Waals surface area contributed by atoms with Gasteiger partial charge in [0, 0.05) is 23.9 Å². The molecule has 1 fully saturated rings. The van der Waals surface area contributed by atoms with E-state index in [9.17, 15) is 9.59 Å². The highest BCUT2D eigenvalue weighted by molar-refractivity contribution is 6.31. The predicted octanol–water partition coefficient (Wildman–Crippen LogP) is 3.03. The fourth-order valence-corrected chi connectivity index (χ4v) is 3.28. The van der Waals surface area contributed by atoms with E-state index in [0.717, 1.165) is 12.8 Å². The molecular formula is C18H21ClN2O4. The van der Waals surface area contributed by atoms with Crippen molar-refractivity contribution in [1.82, 2.24) is 10.2 Å². The maximum atomic E-state index is 12.7. The molecule has 1 aliphatic heterocycles. The van der Waals surface area contributed by atoms with Crippen molar-refractivity contribution in [2.24, 2.45) is 0 Å². The lowest BCUT2D eigenvalue weighted by Crippen LogP contribution is -2.49. The van der Waals surface area contributed by atoms with Crippen LogP contribution >= 0.6 is 11.6 Å². The van der Waals surface area contributed by atoms with Crippen molar-refractivity contribution in [3.63, 3.8) is 0 Å². The first-order chi connectivity index (χ1) is 12.0. The largest absolute Gasteiger partial charge is 0.460 e. The summed E-state index contributed by atoms with van der Waals surface area (Å²) in [6.45, 7) is 2.25. The number of carbonyl (C=O) groups excluding carboxylic acids is 2. The second kappa shape index (κ2) is 7.45. The van der Waals surface area contributed by atoms with E-state index < -0.39 is 12.0 Å². The van der Waals surface area contributed by atoms with Gasteiger partial charge in [0.15, 0.2) is 0 Å². The fourth-order valence-electron chi connectivity index (χ4n) is 3.03. The lowest BCUT2D eigenvalue weighted by atomic mass is 9.94. The summed E-state index contributed by atoms with van der Waals surface area (Å²) >= 11 is 6.30. The van der Waals surface area contributed by atoms with Crippen molar-refractivity contribution in [3.05, 3.63) is 46.1 Å². The van der Waals surface area contributed by atoms with Crippen LogP contribution in [0, 0.1) is 0 Å². The summed E-state index contributed by atoms with van der Waals surface area (Å²) in [6, 6.07) is 6.47. The molecule has 1 saturated carbocycles. The van der Waals surface area contributed by atoms with Gasteiger partial charge in [-0.25, -0.2) is 9.59 Å². The summed E-state index contributed by atoms with van der Waals surface area (Å²) < 4.78 is 10.3. The number of esters is 1. The fraction of sp³-hybridized carbons (Fsp3) is 0.444. The number of nitrogens with one attached hydrogen (secondary N) is 1. The molecule has 0 spiro atoms. The monoisotopic (exact) mass is 364 g/mol. The summed E-state index contributed by atoms with van der Waals surface area (Å²) in [5, 5.41) is 3.40. The van der Waals surface area contributed by atoms with Crippen LogP contribution in [0.1, 0.15) is 31.4 Å². The van der Waals surface area contributed by atoms with Crippen LogP contribution in [0.3, 0.4) is 0 Å². The third-order valence-electron chi connectivity index (χ3n) is 4.40. The maximum absolute atomic E-state index is 12.7. The molecule has 1 aromatic carbocycles. The Morgan fingerprint density at radius 1 is 1.32 bits per heavy atom. The van der Waals surface area contributed by atoms with Crippen LogP contribution in [0.2, 0.25) is 5.02 Å². The molecule has 134 valence electrons. The Hall–Kier alpha value is -2.05. The first-order valence-corrected chi connectivity index (χ1v) is 8.63. The molecule has 3 rings (SSSR count). The Morgan fingerprint density at radius 2 is 2.04 bits per heavy atom. The number of allylic oxidation sites excluding steroid dienone is 1. The lowest BCUT2D eigenvalue weighted by molar-refractivity contribution is -0.140. The first-order valence-electron chi connectivity index (χ1n) is 8.25. The second-order valence-corrected chi connectivity index (χ2v) is 6.54. The van der Waals surface area contributed by atoms with Crippen molar-refractivity contribution >= 4 is 23.6 Å². The number of amides is 2. The van der Waals surface area contributed by atoms with Gasteiger partial charge in [-0.1, -0.05) is 29.8 Å². The highest BCUT2D eigenvalue weighted by Crippen LogP contribution is 2.39. The minimum absolute atomic E-state index is 0.147. The number of benzene rings is 1. The topological polar surface area (TPSA) is 67.9 Å². The molecule has 0 bridgehead atoms. The van der Waals surface area contributed by atoms with Crippen LogP contribution in [-0.4, -0.2) is 43.3 Å². The molecule has 25 heavy (non-hydrogen) atoms. The van der Waals surface area contributed by atoms with E-state index in [2.05, 4.69) is 5.32 Å². The molecule has 1 N–H and O–H groups in total. The average Bonchev–Trinajstić information content (AvgIpc) is 3.39. The number of urea groups is 1. The molecular weight excluding hydrogens is 344 g/mol. The van der Waals surface area contributed by atoms with Gasteiger partial charge in [0.2, 0.25) is 0 Å². The lowest BCUT2D eigenvalue weighted by Gasteiger charge is -2.35. The van der Waals surface area contributed by atoms with Crippen LogP contribution in [0.15, 0.2) is 35.5 Å². The van der Waals surface area contributed by atoms with Gasteiger partial charge in [0.05, 0.1) is 18.2 Å². The highest BCUT2D eigenvalue weighted by atomic mass is 35.5. The van der Waals surface area contributed by atoms with Gasteiger partial charge in [0.25, 0.3) is 0 Å². The van der Waals surface area contributed by atoms with Crippen molar-refractivity contribution in [1.29, 1.82) is 0 Å². The third-order valence-corrected chi connectivity index (χ3v) is 4.74. The molecule has 0 saturated heterocycles. The molecule has 2 aliphatic rings. The number of rotatable bonds is 6. The normalized spacial score (nSPS) is 20.5. The van der Waals surface area contributed by atoms with Crippen LogP contribution in [0.5, 0.6) is 0 Å². The van der Waals surface area contributed by atoms with Gasteiger partial charge < -0.3 is 14.8 Å². The van der Waals surface area contributed by atoms with E-state index in [1.54, 1.807) is 37.1 Å². The van der Waals surface area contributed by atoms with Gasteiger partial charge in [-0.15, -0.1) is 0 Å². The van der Waals surface area contributed by atoms with E-state index in [1.165, 1.54) is 0 Å². The number of halogens is 1. The minimum atomic E-state index is -0.633. The SMILES string of the molecule is COCCOC(=O)C1=C(C)N(C2CC2)C(=O)N[C@H]1c1ccccc1Cl. The quantitative estimate of drug-likeness (QED) is 0.622. The summed E-state index contributed by atoms with van der Waals surface area (Å²) in [4.78, 5) is 26.9. The van der Waals surface area contributed by atoms with Crippen molar-refractivity contribution in [2.45, 2.75) is 31.8 Å². The van der Waals surface area contributed by atoms with Crippen LogP contribution in [0.25, 0.3) is 0 Å². The van der Waals surface area contributed by atoms with Crippen LogP contribution in [0.4, 0.5) is 4.79 Å². The number of methoxy groups -OCH3 is 1. The molecule has 6 nitrogen and oxygen atoms in total. The van der Waals surface area contributed by atoms with E-state index in [1.807, 2.05) is 6.07 Å². The molecule has 1 aliphatic carbocycles. The molecule has 0 unspecified atom stereocenters. The molecule has 1 aromatic rings. The van der Waals surface area contributed by atoms with Gasteiger partial charge in [-0.05, 0) is 31.4 Å². The highest BCUT2D eigenvalue weighted by Gasteiger charge is 2.42. The smallest absolute Gasteiger partial charge is 0.338 e. The Bertz CT molecular complexity index is 715. The second-order valence-electron chi connectivity index (χ2n) is 6.13. The number of nitrogens with zero attached hydrogens (tertiary/aromatic N) is 1. The Labute approximate surface area is 151 Å². The summed E-state index contributed by atoms with van der Waals surface area (Å²) in [5.74, 6) is -0.467. The minimum Gasteiger partial charge on any atom is -0.460 e. The molecule has 0 aromatic heterocycles. The molecule has 1 atom stereocenters. The summed E-state index contributed by atoms with van der Waals surface area (Å²) in [6.07, 6.45) is 1.88. The number of hydrogen-bond acceptors (Lipinski definition) is 4. The Morgan fingerprint density at radius 3 is 2.68 bits per heavy atom. The molecule has 0 radical (unpaired) electrons. The van der Waals surface area contributed by atoms with Gasteiger partial charge >= 0.3 is 12.0 Å². The van der Waals surface area contributed by atoms with E-state index in [0.29, 0.717) is 28.5 Å². The number of hydrogen-bond donors (Lipinski definition) is 1. The number of ether oxygens (including phenoxy) is 2. The van der Waals surface area contributed by atoms with E-state index >= 15 is 0 Å². The van der Waals surface area contributed by atoms with Gasteiger partial charge in [-0.2, -0.15) is 0 Å². The summed E-state index contributed by atoms with van der Waals surface area (Å²) in [5.41, 5.74) is 1.71. The maximum Gasteiger partial charge on any atom is 0.338 e. The van der Waals surface area contributed by atoms with Crippen molar-refractivity contribution < 1.29 is 19.1 Å². The number of carbonyl (C=O) groups is 2. The van der Waals surface area contributed by atoms with Gasteiger partial charge in [0.1, 0.15) is 6.61 Å². The van der Waals surface area contributed by atoms with Crippen molar-refractivity contribution in [2.75, 3.05) is 20.3 Å². The van der Waals surface area contributed by atoms with E-state index in [4.69, 9.17) is 21.1 Å². The third kappa shape index (κ3) is 3.65. The van der Waals surface area contributed by atoms with Crippen molar-refractivity contribution in [3.8, 4) is 0 Å². The van der Waals surface area contributed by atoms with Crippen LogP contribution < -0.4 is 5.32 Å². The zero-order valence-electron chi connectivity index (χ0n) is 14.3. The van der Waals surface area contributed by atoms with Gasteiger partial charge in [-0.3, -0.25) is 4.90 Å². The summed E-state index contributed by atoms with van der Waals surface area (Å²) in [7, 11) is 1.54. The zero-order valence-corrected chi connectivity index (χ0v) is 15.0. The molecule has 7 heteroatoms. The Balaban J connectivity index is 1.99. The van der Waals surface area contributed by atoms with E-state index in [-0.39, 0.29) is 18.7 Å². The standard InChI is InChI=1S/C18H21ClN2O4/c1-11-15(17(22)25-10-9-24-2)16(13-5-3-4-6-14(13)19)20-18(23)21(11)12-7-8-12/h3-6,12,16H,7-10H2,1-2H3,(H,20,23)/t16-/m0/s1. The first kappa shape index (κ1) is 17.8.